The molecule has 1 fully saturated rings. The number of rotatable bonds is 34. The number of carbonyl (C=O) groups is 13. The molecule has 4 aromatic heterocycles. The lowest BCUT2D eigenvalue weighted by atomic mass is 9.74. The van der Waals surface area contributed by atoms with E-state index in [1.54, 1.807) is 96.5 Å². The third-order valence-electron chi connectivity index (χ3n) is 21.5. The zero-order chi connectivity index (χ0) is 104. The van der Waals surface area contributed by atoms with Gasteiger partial charge < -0.3 is 110 Å². The summed E-state index contributed by atoms with van der Waals surface area (Å²) in [4.78, 5) is 164. The van der Waals surface area contributed by atoms with Gasteiger partial charge in [-0.15, -0.1) is 45.3 Å². The molecule has 37 nitrogen and oxygen atoms in total. The molecule has 0 radical (unpaired) electrons. The maximum atomic E-state index is 12.5. The number of benzene rings is 2. The van der Waals surface area contributed by atoms with Crippen LogP contribution in [0.15, 0.2) is 214 Å². The van der Waals surface area contributed by atoms with Crippen LogP contribution in [-0.4, -0.2) is 264 Å². The second-order valence-corrected chi connectivity index (χ2v) is 37.5. The molecule has 14 N–H and O–H groups in total. The number of Topliss-reactive ketones (excluding diaryl/α,β-unsaturated/α-hetero) is 6. The minimum Gasteiger partial charge on any atom is -0.478 e. The molecule has 762 valence electrons. The number of aliphatic carboxylic acids is 1. The molecule has 6 aliphatic heterocycles. The van der Waals surface area contributed by atoms with Crippen LogP contribution in [0.4, 0.5) is 0 Å². The Balaban J connectivity index is 0.000000233. The lowest BCUT2D eigenvalue weighted by Gasteiger charge is -2.28. The Morgan fingerprint density at radius 2 is 0.671 bits per heavy atom. The third-order valence-corrected chi connectivity index (χ3v) is 25.0. The van der Waals surface area contributed by atoms with Gasteiger partial charge in [-0.25, -0.2) is 4.79 Å². The first-order valence-electron chi connectivity index (χ1n) is 46.3. The summed E-state index contributed by atoms with van der Waals surface area (Å²) in [5.41, 5.74) is 2.47. The monoisotopic (exact) mass is 2040 g/mol. The fourth-order valence-electron chi connectivity index (χ4n) is 14.8. The fourth-order valence-corrected chi connectivity index (χ4v) is 17.7. The van der Waals surface area contributed by atoms with Crippen molar-refractivity contribution in [3.63, 3.8) is 0 Å². The van der Waals surface area contributed by atoms with Gasteiger partial charge in [-0.2, -0.15) is 0 Å². The van der Waals surface area contributed by atoms with Crippen LogP contribution in [0.2, 0.25) is 0 Å². The smallest absolute Gasteiger partial charge is 0.478 e. The number of nitrogens with zero attached hydrogens (tertiary/aromatic N) is 2. The Labute approximate surface area is 848 Å². The number of carbonyl (C=O) groups excluding carboxylic acids is 12. The summed E-state index contributed by atoms with van der Waals surface area (Å²) in [6.45, 7) is 8.57. The molecule has 6 aromatic rings. The average molecular weight is 2050 g/mol. The summed E-state index contributed by atoms with van der Waals surface area (Å²) in [5.74, 6) is -7.22. The maximum Gasteiger partial charge on any atom is 0.478 e. The van der Waals surface area contributed by atoms with Crippen LogP contribution >= 0.6 is 45.3 Å². The first kappa shape index (κ1) is 118. The van der Waals surface area contributed by atoms with Crippen molar-refractivity contribution in [1.29, 1.82) is 0 Å². The molecule has 12 atom stereocenters. The molecule has 0 bridgehead atoms. The van der Waals surface area contributed by atoms with E-state index in [0.717, 1.165) is 41.3 Å². The number of nitrogens with one attached hydrogen (secondary N) is 6. The third kappa shape index (κ3) is 44.7. The Morgan fingerprint density at radius 3 is 1.03 bits per heavy atom. The van der Waals surface area contributed by atoms with Crippen LogP contribution in [0.5, 0.6) is 0 Å². The summed E-state index contributed by atoms with van der Waals surface area (Å²) >= 11 is 5.34. The highest BCUT2D eigenvalue weighted by Crippen LogP contribution is 2.27. The Bertz CT molecular complexity index is 5090. The predicted molar refractivity (Wildman–Crippen MR) is 548 cm³/mol. The summed E-state index contributed by atoms with van der Waals surface area (Å²) in [5, 5.41) is 110. The summed E-state index contributed by atoms with van der Waals surface area (Å²) < 4.78 is 32.8. The van der Waals surface area contributed by atoms with E-state index in [1.807, 2.05) is 95.0 Å². The Morgan fingerprint density at radius 1 is 0.364 bits per heavy atom. The molecule has 10 heterocycles. The van der Waals surface area contributed by atoms with Crippen LogP contribution in [0, 0.1) is 0 Å². The van der Waals surface area contributed by atoms with Gasteiger partial charge in [0.2, 0.25) is 11.8 Å². The highest BCUT2D eigenvalue weighted by Gasteiger charge is 2.40. The van der Waals surface area contributed by atoms with E-state index in [0.29, 0.717) is 71.6 Å². The number of carboxylic acid groups (broad SMARTS) is 1. The lowest BCUT2D eigenvalue weighted by molar-refractivity contribution is -0.132. The van der Waals surface area contributed by atoms with Gasteiger partial charge in [-0.1, -0.05) is 169 Å². The van der Waals surface area contributed by atoms with Crippen molar-refractivity contribution in [1.82, 2.24) is 31.9 Å². The van der Waals surface area contributed by atoms with E-state index in [4.69, 9.17) is 47.8 Å². The van der Waals surface area contributed by atoms with Gasteiger partial charge in [-0.05, 0) is 156 Å². The Hall–Kier alpha value is -11.5. The van der Waals surface area contributed by atoms with Gasteiger partial charge in [0.1, 0.15) is 48.9 Å². The standard InChI is InChI=1S/C17H24BNO4.C17H22BNO4.C16H18BNO6S.C16H20BNO5S.2C15H19BN2O5S/c2*1-13(20)11-15-9-5-6-10-16(18(22)23-15)19-17(21)12-14-7-3-2-4-8-14;1-10(19)8-11-4-2-6-14(17(23)24-11)18-16(22)12(9-15(20)21)13-5-3-7-25-13;1-11(20)10-12-4-2-6-15(17(22)23-12)18-16(21)13(7-8-19)14-5-3-9-24-14;2*1-10(19)9-11-5-3-7-13(16(21)23-11)17-15(20)14(18-22-2)12-6-4-8-24-12/h2-4,7-8,15-16,22H,5-6,9-12H2,1H3,(H,19,21);2-8,15-16,22H,9-12H2,1H3,(H,19,21);2-5,7,9,11,14,23H,6,8H2,1H3,(H,18,22)(H,20,21);2-5,7,9,12,15,19,22H,6,8,10H2,1H3,(H,18,21);2*3-6,8,11,13,21H,7,9H2,1-2H3,(H,17,20)/b;6-5-;12-9-;13-7-;18-14+;18-14-/t2*15-,16+;11-,14+;12-,15+;2*11-,13+/m111111/s1. The van der Waals surface area contributed by atoms with Crippen molar-refractivity contribution in [3.8, 4) is 0 Å². The highest BCUT2D eigenvalue weighted by molar-refractivity contribution is 7.13. The molecular weight excluding hydrogens is 1920 g/mol. The number of hydrogen-bond acceptors (Lipinski definition) is 34. The molecule has 143 heavy (non-hydrogen) atoms. The normalized spacial score (nSPS) is 21.6. The van der Waals surface area contributed by atoms with Crippen LogP contribution in [0.3, 0.4) is 0 Å². The first-order valence-corrected chi connectivity index (χ1v) is 49.8. The SMILES string of the molecule is CC(=O)C[C@H]1C/C=C\C[C@H](NC(=O)Cc2ccccc2)B(O)O1.CC(=O)C[C@H]1C=CC[C@H](NC(=O)/C(=C\C(=O)O)c2cccs2)B(O)O1.CC(=O)C[C@H]1C=CC[C@H](NC(=O)/C(=C\CO)c2cccs2)B(O)O1.CC(=O)C[C@H]1CCCC[C@H](NC(=O)Cc2ccccc2)B(O)O1.CO/N=C(/C(=O)N[C@H]1CC=C[C@H](CC(C)=O)OB1O)c1cccs1.CO/N=C(\C(=O)N[C@H]1CC=C[C@H](CC(C)=O)OB1O)c1cccs1. The summed E-state index contributed by atoms with van der Waals surface area (Å²) in [6.07, 6.45) is 24.9. The predicted octanol–water partition coefficient (Wildman–Crippen LogP) is 6.97. The van der Waals surface area contributed by atoms with E-state index in [2.05, 4.69) is 42.2 Å². The van der Waals surface area contributed by atoms with Gasteiger partial charge in [0.25, 0.3) is 23.6 Å². The zero-order valence-electron chi connectivity index (χ0n) is 80.6. The van der Waals surface area contributed by atoms with Crippen molar-refractivity contribution < 1.29 is 140 Å². The van der Waals surface area contributed by atoms with E-state index in [-0.39, 0.29) is 127 Å². The molecule has 2 aromatic carbocycles. The van der Waals surface area contributed by atoms with Crippen LogP contribution in [0.1, 0.15) is 175 Å². The minimum absolute atomic E-state index is 0.00297. The van der Waals surface area contributed by atoms with Crippen molar-refractivity contribution in [2.45, 2.75) is 229 Å². The molecule has 0 aliphatic carbocycles. The topological polar surface area (TPSA) is 554 Å². The highest BCUT2D eigenvalue weighted by atomic mass is 32.1. The number of aliphatic hydroxyl groups excluding tert-OH is 1. The zero-order valence-corrected chi connectivity index (χ0v) is 83.9. The Kier molecular flexibility index (Phi) is 53.3. The largest absolute Gasteiger partial charge is 0.478 e. The van der Waals surface area contributed by atoms with E-state index in [1.165, 1.54) is 107 Å². The number of oxime groups is 2. The number of aliphatic hydroxyl groups is 1. The number of carboxylic acids is 1. The van der Waals surface area contributed by atoms with Crippen LogP contribution in [-0.2, 0) is 113 Å². The first-order chi connectivity index (χ1) is 68.5. The van der Waals surface area contributed by atoms with Crippen molar-refractivity contribution in [2.24, 2.45) is 10.3 Å². The molecule has 0 spiro atoms. The number of ketones is 6. The number of hydrogen-bond donors (Lipinski definition) is 14. The van der Waals surface area contributed by atoms with Gasteiger partial charge >= 0.3 is 48.7 Å². The average Bonchev–Trinajstić information content (AvgIpc) is 1.83. The van der Waals surface area contributed by atoms with Crippen molar-refractivity contribution in [2.75, 3.05) is 20.8 Å². The molecule has 0 saturated carbocycles. The molecule has 0 unspecified atom stereocenters. The molecule has 6 amide bonds. The maximum absolute atomic E-state index is 12.5. The summed E-state index contributed by atoms with van der Waals surface area (Å²) in [6, 6.07) is 33.0. The van der Waals surface area contributed by atoms with Crippen LogP contribution < -0.4 is 31.9 Å². The second kappa shape index (κ2) is 64.3. The van der Waals surface area contributed by atoms with E-state index < -0.39 is 132 Å². The molecule has 47 heteroatoms. The van der Waals surface area contributed by atoms with E-state index >= 15 is 0 Å². The van der Waals surface area contributed by atoms with E-state index in [9.17, 15) is 92.5 Å². The quantitative estimate of drug-likeness (QED) is 0.00637. The molecule has 6 aliphatic rings. The lowest BCUT2D eigenvalue weighted by Crippen LogP contribution is -2.50. The van der Waals surface area contributed by atoms with Gasteiger partial charge in [0, 0.05) is 60.5 Å². The second-order valence-electron chi connectivity index (χ2n) is 33.7. The number of thiophene rings is 4. The number of amides is 6. The van der Waals surface area contributed by atoms with Crippen molar-refractivity contribution >= 4 is 187 Å². The summed E-state index contributed by atoms with van der Waals surface area (Å²) in [7, 11) is -4.44. The fraction of sp³-hybridized carbons (Fsp3) is 0.406. The molecule has 12 rings (SSSR count). The van der Waals surface area contributed by atoms with Gasteiger partial charge in [-0.3, -0.25) is 57.5 Å². The van der Waals surface area contributed by atoms with Gasteiger partial charge in [0.15, 0.2) is 11.4 Å². The molecular formula is C96H122B6N8O29S4. The van der Waals surface area contributed by atoms with Crippen molar-refractivity contribution in [3.05, 3.63) is 234 Å². The van der Waals surface area contributed by atoms with Crippen LogP contribution in [0.25, 0.3) is 11.1 Å². The molecule has 1 saturated heterocycles. The minimum atomic E-state index is -1.31. The van der Waals surface area contributed by atoms with Gasteiger partial charge in [0.05, 0.1) is 107 Å².